The van der Waals surface area contributed by atoms with Crippen LogP contribution in [0, 0.1) is 11.3 Å². The SMILES string of the molecule is CC1NC(=O)CCC1NC(=O)N1C[C@@H]2CCC[C@@]2(C(=O)O)C1. The summed E-state index contributed by atoms with van der Waals surface area (Å²) < 4.78 is 0. The summed E-state index contributed by atoms with van der Waals surface area (Å²) in [6, 6.07) is -0.393. The van der Waals surface area contributed by atoms with E-state index in [4.69, 9.17) is 0 Å². The van der Waals surface area contributed by atoms with E-state index in [0.717, 1.165) is 12.8 Å². The van der Waals surface area contributed by atoms with E-state index in [1.54, 1.807) is 4.90 Å². The molecule has 0 radical (unpaired) electrons. The lowest BCUT2D eigenvalue weighted by molar-refractivity contribution is -0.149. The van der Waals surface area contributed by atoms with Crippen molar-refractivity contribution in [1.29, 1.82) is 0 Å². The molecule has 0 aromatic carbocycles. The minimum Gasteiger partial charge on any atom is -0.481 e. The Labute approximate surface area is 129 Å². The summed E-state index contributed by atoms with van der Waals surface area (Å²) in [6.45, 7) is 2.69. The van der Waals surface area contributed by atoms with E-state index in [-0.39, 0.29) is 29.9 Å². The van der Waals surface area contributed by atoms with Gasteiger partial charge in [0.15, 0.2) is 0 Å². The molecule has 3 aliphatic rings. The Kier molecular flexibility index (Phi) is 3.74. The van der Waals surface area contributed by atoms with Crippen LogP contribution >= 0.6 is 0 Å². The summed E-state index contributed by atoms with van der Waals surface area (Å²) in [7, 11) is 0. The van der Waals surface area contributed by atoms with E-state index in [1.807, 2.05) is 6.92 Å². The van der Waals surface area contributed by atoms with Crippen molar-refractivity contribution >= 4 is 17.9 Å². The van der Waals surface area contributed by atoms with Gasteiger partial charge in [-0.3, -0.25) is 9.59 Å². The summed E-state index contributed by atoms with van der Waals surface area (Å²) >= 11 is 0. The largest absolute Gasteiger partial charge is 0.481 e. The number of carboxylic acid groups (broad SMARTS) is 1. The van der Waals surface area contributed by atoms with Crippen LogP contribution in [0.2, 0.25) is 0 Å². The lowest BCUT2D eigenvalue weighted by Gasteiger charge is -2.32. The van der Waals surface area contributed by atoms with Gasteiger partial charge in [0.2, 0.25) is 5.91 Å². The Hall–Kier alpha value is -1.79. The summed E-state index contributed by atoms with van der Waals surface area (Å²) in [4.78, 5) is 37.0. The van der Waals surface area contributed by atoms with Gasteiger partial charge in [-0.2, -0.15) is 0 Å². The second kappa shape index (κ2) is 5.44. The second-order valence-electron chi connectivity index (χ2n) is 6.88. The molecule has 0 bridgehead atoms. The zero-order valence-electron chi connectivity index (χ0n) is 12.8. The number of carbonyl (C=O) groups excluding carboxylic acids is 2. The van der Waals surface area contributed by atoms with Crippen LogP contribution in [0.5, 0.6) is 0 Å². The number of carbonyl (C=O) groups is 3. The van der Waals surface area contributed by atoms with Crippen molar-refractivity contribution in [3.63, 3.8) is 0 Å². The molecule has 2 saturated heterocycles. The monoisotopic (exact) mass is 309 g/mol. The minimum atomic E-state index is -0.774. The van der Waals surface area contributed by atoms with Crippen molar-refractivity contribution in [3.05, 3.63) is 0 Å². The maximum Gasteiger partial charge on any atom is 0.317 e. The fourth-order valence-electron chi connectivity index (χ4n) is 4.20. The van der Waals surface area contributed by atoms with Crippen LogP contribution in [0.1, 0.15) is 39.0 Å². The van der Waals surface area contributed by atoms with Crippen LogP contribution in [0.3, 0.4) is 0 Å². The first-order chi connectivity index (χ1) is 10.4. The quantitative estimate of drug-likeness (QED) is 0.693. The highest BCUT2D eigenvalue weighted by Crippen LogP contribution is 2.48. The second-order valence-corrected chi connectivity index (χ2v) is 6.88. The average molecular weight is 309 g/mol. The van der Waals surface area contributed by atoms with Gasteiger partial charge in [0.25, 0.3) is 0 Å². The molecule has 3 rings (SSSR count). The Morgan fingerprint density at radius 1 is 1.41 bits per heavy atom. The third kappa shape index (κ3) is 2.42. The summed E-state index contributed by atoms with van der Waals surface area (Å²) in [6.07, 6.45) is 3.51. The number of urea groups is 1. The van der Waals surface area contributed by atoms with Gasteiger partial charge in [0.05, 0.1) is 11.5 Å². The van der Waals surface area contributed by atoms with Crippen LogP contribution in [0.4, 0.5) is 4.79 Å². The zero-order chi connectivity index (χ0) is 15.9. The summed E-state index contributed by atoms with van der Waals surface area (Å²) in [5, 5.41) is 15.3. The highest BCUT2D eigenvalue weighted by atomic mass is 16.4. The van der Waals surface area contributed by atoms with E-state index in [9.17, 15) is 19.5 Å². The topological polar surface area (TPSA) is 98.7 Å². The van der Waals surface area contributed by atoms with Crippen molar-refractivity contribution in [3.8, 4) is 0 Å². The first-order valence-corrected chi connectivity index (χ1v) is 8.00. The molecule has 22 heavy (non-hydrogen) atoms. The van der Waals surface area contributed by atoms with Crippen LogP contribution in [-0.4, -0.2) is 53.1 Å². The van der Waals surface area contributed by atoms with Crippen LogP contribution in [-0.2, 0) is 9.59 Å². The molecule has 7 heteroatoms. The van der Waals surface area contributed by atoms with E-state index in [0.29, 0.717) is 32.4 Å². The molecule has 1 saturated carbocycles. The number of amides is 3. The van der Waals surface area contributed by atoms with E-state index in [2.05, 4.69) is 10.6 Å². The van der Waals surface area contributed by atoms with Gasteiger partial charge in [-0.05, 0) is 32.1 Å². The van der Waals surface area contributed by atoms with Crippen LogP contribution in [0.15, 0.2) is 0 Å². The number of likely N-dealkylation sites (tertiary alicyclic amines) is 1. The molecule has 0 aromatic heterocycles. The zero-order valence-corrected chi connectivity index (χ0v) is 12.8. The van der Waals surface area contributed by atoms with E-state index < -0.39 is 11.4 Å². The van der Waals surface area contributed by atoms with E-state index >= 15 is 0 Å². The Morgan fingerprint density at radius 3 is 2.82 bits per heavy atom. The predicted molar refractivity (Wildman–Crippen MR) is 78.1 cm³/mol. The van der Waals surface area contributed by atoms with Gasteiger partial charge < -0.3 is 20.6 Å². The standard InChI is InChI=1S/C15H23N3O4/c1-9-11(4-5-12(19)16-9)17-14(22)18-7-10-3-2-6-15(10,8-18)13(20)21/h9-11H,2-8H2,1H3,(H,16,19)(H,17,22)(H,20,21)/t9?,10-,11?,15+/m0/s1. The first-order valence-electron chi connectivity index (χ1n) is 8.00. The van der Waals surface area contributed by atoms with Gasteiger partial charge in [0.1, 0.15) is 0 Å². The molecule has 0 spiro atoms. The summed E-state index contributed by atoms with van der Waals surface area (Å²) in [5.74, 6) is -0.693. The Balaban J connectivity index is 1.62. The molecule has 2 unspecified atom stereocenters. The molecule has 1 aliphatic carbocycles. The maximum atomic E-state index is 12.4. The first kappa shape index (κ1) is 15.1. The number of hydrogen-bond donors (Lipinski definition) is 3. The third-order valence-electron chi connectivity index (χ3n) is 5.57. The Morgan fingerprint density at radius 2 is 2.18 bits per heavy atom. The van der Waals surface area contributed by atoms with Crippen molar-refractivity contribution in [2.24, 2.45) is 11.3 Å². The number of nitrogens with zero attached hydrogens (tertiary/aromatic N) is 1. The predicted octanol–water partition coefficient (Wildman–Crippen LogP) is 0.550. The Bertz CT molecular complexity index is 509. The lowest BCUT2D eigenvalue weighted by atomic mass is 9.81. The molecular formula is C15H23N3O4. The van der Waals surface area contributed by atoms with Crippen LogP contribution < -0.4 is 10.6 Å². The van der Waals surface area contributed by atoms with Crippen molar-refractivity contribution in [2.75, 3.05) is 13.1 Å². The summed E-state index contributed by atoms with van der Waals surface area (Å²) in [5.41, 5.74) is -0.746. The molecule has 4 atom stereocenters. The molecule has 7 nitrogen and oxygen atoms in total. The van der Waals surface area contributed by atoms with Gasteiger partial charge >= 0.3 is 12.0 Å². The van der Waals surface area contributed by atoms with Gasteiger partial charge in [0, 0.05) is 25.6 Å². The minimum absolute atomic E-state index is 0.0125. The van der Waals surface area contributed by atoms with Gasteiger partial charge in [-0.1, -0.05) is 6.42 Å². The van der Waals surface area contributed by atoms with Gasteiger partial charge in [-0.15, -0.1) is 0 Å². The molecule has 2 heterocycles. The van der Waals surface area contributed by atoms with Crippen molar-refractivity contribution in [2.45, 2.75) is 51.1 Å². The lowest BCUT2D eigenvalue weighted by Crippen LogP contribution is -2.56. The molecule has 3 N–H and O–H groups in total. The van der Waals surface area contributed by atoms with Crippen molar-refractivity contribution in [1.82, 2.24) is 15.5 Å². The molecule has 3 fully saturated rings. The van der Waals surface area contributed by atoms with Gasteiger partial charge in [-0.25, -0.2) is 4.79 Å². The number of rotatable bonds is 2. The molecule has 0 aromatic rings. The normalized spacial score (nSPS) is 37.6. The number of piperidine rings is 1. The smallest absolute Gasteiger partial charge is 0.317 e. The molecular weight excluding hydrogens is 286 g/mol. The highest BCUT2D eigenvalue weighted by molar-refractivity contribution is 5.81. The number of fused-ring (bicyclic) bond motifs is 1. The molecule has 3 amide bonds. The fraction of sp³-hybridized carbons (Fsp3) is 0.800. The third-order valence-corrected chi connectivity index (χ3v) is 5.57. The maximum absolute atomic E-state index is 12.4. The molecule has 122 valence electrons. The number of aliphatic carboxylic acids is 1. The fourth-order valence-corrected chi connectivity index (χ4v) is 4.20. The van der Waals surface area contributed by atoms with E-state index in [1.165, 1.54) is 0 Å². The number of nitrogens with one attached hydrogen (secondary N) is 2. The number of hydrogen-bond acceptors (Lipinski definition) is 3. The number of carboxylic acids is 1. The molecule has 2 aliphatic heterocycles. The average Bonchev–Trinajstić information content (AvgIpc) is 2.99. The van der Waals surface area contributed by atoms with Crippen LogP contribution in [0.25, 0.3) is 0 Å². The highest BCUT2D eigenvalue weighted by Gasteiger charge is 2.56. The van der Waals surface area contributed by atoms with Crippen molar-refractivity contribution < 1.29 is 19.5 Å².